The Morgan fingerprint density at radius 2 is 1.77 bits per heavy atom. The fourth-order valence-corrected chi connectivity index (χ4v) is 4.54. The van der Waals surface area contributed by atoms with E-state index in [2.05, 4.69) is 5.32 Å². The van der Waals surface area contributed by atoms with Crippen molar-refractivity contribution in [2.24, 2.45) is 5.92 Å². The van der Waals surface area contributed by atoms with Gasteiger partial charge >= 0.3 is 6.18 Å². The van der Waals surface area contributed by atoms with Crippen molar-refractivity contribution < 1.29 is 27.7 Å². The maximum Gasteiger partial charge on any atom is 0.416 e. The number of carbonyl (C=O) groups is 2. The van der Waals surface area contributed by atoms with Crippen molar-refractivity contribution in [1.82, 2.24) is 5.32 Å². The summed E-state index contributed by atoms with van der Waals surface area (Å²) in [5.74, 6) is -0.314. The summed E-state index contributed by atoms with van der Waals surface area (Å²) < 4.78 is 38.9. The molecule has 2 aromatic carbocycles. The third kappa shape index (κ3) is 5.55. The van der Waals surface area contributed by atoms with E-state index in [0.717, 1.165) is 29.8 Å². The molecule has 35 heavy (non-hydrogen) atoms. The second-order valence-corrected chi connectivity index (χ2v) is 8.75. The number of carbonyl (C=O) groups excluding carboxylic acids is 2. The van der Waals surface area contributed by atoms with Crippen molar-refractivity contribution in [3.63, 3.8) is 0 Å². The van der Waals surface area contributed by atoms with Crippen LogP contribution in [0.4, 0.5) is 30.2 Å². The molecule has 0 saturated carbocycles. The first-order chi connectivity index (χ1) is 16.6. The van der Waals surface area contributed by atoms with E-state index in [4.69, 9.17) is 0 Å². The fraction of sp³-hybridized carbons (Fsp3) is 0.417. The lowest BCUT2D eigenvalue weighted by Gasteiger charge is -2.32. The Morgan fingerprint density at radius 3 is 2.34 bits per heavy atom. The number of amides is 2. The number of nitro benzene ring substituents is 1. The summed E-state index contributed by atoms with van der Waals surface area (Å²) in [6.45, 7) is 1.69. The number of benzene rings is 2. The fourth-order valence-electron chi connectivity index (χ4n) is 4.54. The van der Waals surface area contributed by atoms with Gasteiger partial charge in [0.2, 0.25) is 11.8 Å². The van der Waals surface area contributed by atoms with Gasteiger partial charge < -0.3 is 15.1 Å². The second kappa shape index (κ2) is 9.93. The van der Waals surface area contributed by atoms with Gasteiger partial charge in [-0.25, -0.2) is 0 Å². The van der Waals surface area contributed by atoms with Crippen molar-refractivity contribution in [3.8, 4) is 0 Å². The van der Waals surface area contributed by atoms with E-state index in [1.54, 1.807) is 9.80 Å². The van der Waals surface area contributed by atoms with Crippen LogP contribution in [0.2, 0.25) is 0 Å². The minimum atomic E-state index is -4.67. The molecule has 2 amide bonds. The van der Waals surface area contributed by atoms with Crippen molar-refractivity contribution in [3.05, 3.63) is 63.7 Å². The molecular formula is C24H25F3N4O4. The van der Waals surface area contributed by atoms with Crippen LogP contribution in [0.1, 0.15) is 36.8 Å². The zero-order valence-corrected chi connectivity index (χ0v) is 18.9. The van der Waals surface area contributed by atoms with E-state index in [9.17, 15) is 32.9 Å². The number of nitrogens with one attached hydrogen (secondary N) is 1. The molecule has 2 aliphatic heterocycles. The van der Waals surface area contributed by atoms with Crippen LogP contribution in [-0.2, 0) is 22.3 Å². The number of nitro groups is 1. The van der Waals surface area contributed by atoms with Crippen LogP contribution in [0.3, 0.4) is 0 Å². The van der Waals surface area contributed by atoms with Crippen LogP contribution in [-0.4, -0.2) is 36.4 Å². The van der Waals surface area contributed by atoms with Gasteiger partial charge in [0, 0.05) is 50.3 Å². The Balaban J connectivity index is 1.31. The number of nitrogens with zero attached hydrogens (tertiary/aromatic N) is 3. The second-order valence-electron chi connectivity index (χ2n) is 8.75. The number of hydrogen-bond acceptors (Lipinski definition) is 5. The Morgan fingerprint density at radius 1 is 1.09 bits per heavy atom. The topological polar surface area (TPSA) is 95.8 Å². The molecule has 0 radical (unpaired) electrons. The standard InChI is InChI=1S/C24H25F3N4O4/c25-24(26,27)18-5-8-20(21(14-18)31(34)35)29-12-9-17(10-13-29)23(33)28-15-16-3-6-19(7-4-16)30-11-1-2-22(30)32/h3-8,14,17H,1-2,9-13,15H2,(H,28,33). The largest absolute Gasteiger partial charge is 0.416 e. The Hall–Kier alpha value is -3.63. The molecule has 2 aliphatic rings. The highest BCUT2D eigenvalue weighted by Gasteiger charge is 2.35. The number of halogens is 3. The molecule has 8 nitrogen and oxygen atoms in total. The maximum absolute atomic E-state index is 13.0. The lowest BCUT2D eigenvalue weighted by Crippen LogP contribution is -2.40. The lowest BCUT2D eigenvalue weighted by molar-refractivity contribution is -0.384. The number of alkyl halides is 3. The van der Waals surface area contributed by atoms with E-state index in [-0.39, 0.29) is 23.4 Å². The van der Waals surface area contributed by atoms with Crippen LogP contribution in [0.25, 0.3) is 0 Å². The zero-order valence-electron chi connectivity index (χ0n) is 18.9. The number of rotatable bonds is 6. The normalized spacial score (nSPS) is 17.1. The first-order valence-electron chi connectivity index (χ1n) is 11.4. The zero-order chi connectivity index (χ0) is 25.2. The van der Waals surface area contributed by atoms with Gasteiger partial charge in [0.05, 0.1) is 10.5 Å². The SMILES string of the molecule is O=C(NCc1ccc(N2CCCC2=O)cc1)C1CCN(c2ccc(C(F)(F)F)cc2[N+](=O)[O-])CC1. The molecule has 2 saturated heterocycles. The van der Waals surface area contributed by atoms with E-state index < -0.39 is 22.4 Å². The van der Waals surface area contributed by atoms with Gasteiger partial charge in [0.25, 0.3) is 5.69 Å². The van der Waals surface area contributed by atoms with Gasteiger partial charge in [-0.15, -0.1) is 0 Å². The molecule has 0 bridgehead atoms. The Bertz CT molecular complexity index is 1110. The van der Waals surface area contributed by atoms with Crippen LogP contribution < -0.4 is 15.1 Å². The molecule has 2 heterocycles. The van der Waals surface area contributed by atoms with Gasteiger partial charge in [-0.2, -0.15) is 13.2 Å². The highest BCUT2D eigenvalue weighted by Crippen LogP contribution is 2.37. The predicted molar refractivity (Wildman–Crippen MR) is 123 cm³/mol. The molecule has 2 fully saturated rings. The molecule has 11 heteroatoms. The highest BCUT2D eigenvalue weighted by molar-refractivity contribution is 5.95. The first kappa shape index (κ1) is 24.5. The number of piperidine rings is 1. The van der Waals surface area contributed by atoms with Crippen LogP contribution in [0.5, 0.6) is 0 Å². The van der Waals surface area contributed by atoms with Crippen molar-refractivity contribution in [2.75, 3.05) is 29.4 Å². The molecule has 2 aromatic rings. The summed E-state index contributed by atoms with van der Waals surface area (Å²) in [4.78, 5) is 38.5. The third-order valence-corrected chi connectivity index (χ3v) is 6.49. The van der Waals surface area contributed by atoms with Crippen molar-refractivity contribution in [2.45, 2.75) is 38.4 Å². The number of hydrogen-bond donors (Lipinski definition) is 1. The average molecular weight is 490 g/mol. The van der Waals surface area contributed by atoms with Crippen molar-refractivity contribution >= 4 is 28.9 Å². The van der Waals surface area contributed by atoms with Gasteiger partial charge in [-0.3, -0.25) is 19.7 Å². The quantitative estimate of drug-likeness (QED) is 0.482. The third-order valence-electron chi connectivity index (χ3n) is 6.49. The molecule has 0 aromatic heterocycles. The molecule has 186 valence electrons. The summed E-state index contributed by atoms with van der Waals surface area (Å²) in [6, 6.07) is 9.98. The van der Waals surface area contributed by atoms with E-state index in [1.165, 1.54) is 0 Å². The summed E-state index contributed by atoms with van der Waals surface area (Å²) in [6.07, 6.45) is -2.40. The molecular weight excluding hydrogens is 465 g/mol. The smallest absolute Gasteiger partial charge is 0.366 e. The minimum absolute atomic E-state index is 0.110. The molecule has 0 spiro atoms. The lowest BCUT2D eigenvalue weighted by atomic mass is 9.95. The Kier molecular flexibility index (Phi) is 6.95. The molecule has 0 atom stereocenters. The average Bonchev–Trinajstić information content (AvgIpc) is 3.27. The van der Waals surface area contributed by atoms with Gasteiger partial charge in [-0.1, -0.05) is 12.1 Å². The van der Waals surface area contributed by atoms with E-state index in [0.29, 0.717) is 51.5 Å². The highest BCUT2D eigenvalue weighted by atomic mass is 19.4. The Labute approximate surface area is 199 Å². The molecule has 1 N–H and O–H groups in total. The molecule has 0 unspecified atom stereocenters. The summed E-state index contributed by atoms with van der Waals surface area (Å²) in [7, 11) is 0. The first-order valence-corrected chi connectivity index (χ1v) is 11.4. The summed E-state index contributed by atoms with van der Waals surface area (Å²) in [5.41, 5.74) is 0.196. The van der Waals surface area contributed by atoms with E-state index in [1.807, 2.05) is 24.3 Å². The van der Waals surface area contributed by atoms with Crippen LogP contribution in [0, 0.1) is 16.0 Å². The van der Waals surface area contributed by atoms with Gasteiger partial charge in [0.1, 0.15) is 5.69 Å². The summed E-state index contributed by atoms with van der Waals surface area (Å²) >= 11 is 0. The molecule has 4 rings (SSSR count). The maximum atomic E-state index is 13.0. The monoisotopic (exact) mass is 490 g/mol. The van der Waals surface area contributed by atoms with Crippen molar-refractivity contribution in [1.29, 1.82) is 0 Å². The van der Waals surface area contributed by atoms with Gasteiger partial charge in [0.15, 0.2) is 0 Å². The van der Waals surface area contributed by atoms with Gasteiger partial charge in [-0.05, 0) is 49.1 Å². The van der Waals surface area contributed by atoms with E-state index >= 15 is 0 Å². The predicted octanol–water partition coefficient (Wildman–Crippen LogP) is 4.27. The van der Waals surface area contributed by atoms with Crippen LogP contribution in [0.15, 0.2) is 42.5 Å². The number of anilines is 2. The minimum Gasteiger partial charge on any atom is -0.366 e. The molecule has 0 aliphatic carbocycles. The van der Waals surface area contributed by atoms with Crippen LogP contribution >= 0.6 is 0 Å². The summed E-state index contributed by atoms with van der Waals surface area (Å²) in [5, 5.41) is 14.3.